The van der Waals surface area contributed by atoms with E-state index < -0.39 is 6.08 Å². The zero-order chi connectivity index (χ0) is 17.6. The molecule has 2 aromatic heterocycles. The summed E-state index contributed by atoms with van der Waals surface area (Å²) < 4.78 is 22.3. The molecule has 0 radical (unpaired) electrons. The number of rotatable bonds is 4. The summed E-state index contributed by atoms with van der Waals surface area (Å²) in [5.74, 6) is 1.77. The lowest BCUT2D eigenvalue weighted by Crippen LogP contribution is -2.08. The van der Waals surface area contributed by atoms with Gasteiger partial charge in [-0.2, -0.15) is 14.4 Å². The molecule has 0 saturated carbocycles. The van der Waals surface area contributed by atoms with Crippen molar-refractivity contribution >= 4 is 55.5 Å². The highest BCUT2D eigenvalue weighted by Gasteiger charge is 2.20. The number of aryl methyl sites for hydroxylation is 1. The zero-order valence-electron chi connectivity index (χ0n) is 13.1. The van der Waals surface area contributed by atoms with Gasteiger partial charge >= 0.3 is 6.08 Å². The van der Waals surface area contributed by atoms with Gasteiger partial charge in [-0.25, -0.2) is 4.98 Å². The van der Waals surface area contributed by atoms with E-state index in [0.29, 0.717) is 29.5 Å². The van der Waals surface area contributed by atoms with Gasteiger partial charge in [0.25, 0.3) is 0 Å². The number of hydrogen-bond acceptors (Lipinski definition) is 5. The Labute approximate surface area is 165 Å². The van der Waals surface area contributed by atoms with Crippen molar-refractivity contribution in [2.45, 2.75) is 19.4 Å². The first-order valence-electron chi connectivity index (χ1n) is 7.75. The summed E-state index contributed by atoms with van der Waals surface area (Å²) in [7, 11) is 0. The number of halogens is 3. The molecule has 2 N–H and O–H groups in total. The summed E-state index contributed by atoms with van der Waals surface area (Å²) in [6.45, 7) is 1.34. The number of alkyl halides is 1. The lowest BCUT2D eigenvalue weighted by molar-refractivity contribution is 0.356. The number of ether oxygens (including phenoxy) is 1. The first kappa shape index (κ1) is 17.0. The molecular weight excluding hydrogens is 504 g/mol. The first-order valence-corrected chi connectivity index (χ1v) is 9.95. The molecular formula is C16H14BrFIN5O. The fraction of sp³-hybridized carbons (Fsp3) is 0.312. The standard InChI is InChI=1S/C16H14BrFIN5O/c17-2-3-24-12(21-13-14(20)22-16(18)23-15(13)24)7-9-6-11-8(1-4-25-11)5-10(9)19/h5-6H,1-4,7H2,(H2,20,22,23). The molecule has 3 aromatic rings. The highest BCUT2D eigenvalue weighted by atomic mass is 127. The Hall–Kier alpha value is -1.49. The van der Waals surface area contributed by atoms with E-state index >= 15 is 0 Å². The van der Waals surface area contributed by atoms with Crippen molar-refractivity contribution in [2.75, 3.05) is 17.7 Å². The molecule has 6 nitrogen and oxygen atoms in total. The van der Waals surface area contributed by atoms with E-state index in [9.17, 15) is 4.39 Å². The minimum Gasteiger partial charge on any atom is -0.493 e. The van der Waals surface area contributed by atoms with Gasteiger partial charge in [-0.05, 0) is 45.9 Å². The van der Waals surface area contributed by atoms with Gasteiger partial charge in [0.1, 0.15) is 11.6 Å². The molecule has 3 heterocycles. The number of anilines is 1. The second kappa shape index (κ2) is 6.67. The van der Waals surface area contributed by atoms with Crippen molar-refractivity contribution in [1.82, 2.24) is 19.5 Å². The van der Waals surface area contributed by atoms with Gasteiger partial charge in [0.05, 0.1) is 6.61 Å². The van der Waals surface area contributed by atoms with Crippen LogP contribution in [0.4, 0.5) is 10.2 Å². The maximum Gasteiger partial charge on any atom is 0.312 e. The second-order valence-electron chi connectivity index (χ2n) is 5.75. The van der Waals surface area contributed by atoms with Crippen molar-refractivity contribution in [2.24, 2.45) is 0 Å². The van der Waals surface area contributed by atoms with Gasteiger partial charge in [0.2, 0.25) is 0 Å². The molecule has 1 aromatic carbocycles. The van der Waals surface area contributed by atoms with Crippen LogP contribution in [0, 0.1) is 9.65 Å². The van der Waals surface area contributed by atoms with E-state index in [4.69, 9.17) is 10.5 Å². The monoisotopic (exact) mass is 517 g/mol. The molecule has 0 amide bonds. The Balaban J connectivity index is 1.81. The average molecular weight is 518 g/mol. The largest absolute Gasteiger partial charge is 0.493 e. The third kappa shape index (κ3) is 3.07. The molecule has 0 unspecified atom stereocenters. The molecule has 25 heavy (non-hydrogen) atoms. The van der Waals surface area contributed by atoms with Crippen molar-refractivity contribution in [1.29, 1.82) is 0 Å². The average Bonchev–Trinajstić information content (AvgIpc) is 3.14. The quantitative estimate of drug-likeness (QED) is 0.327. The van der Waals surface area contributed by atoms with Crippen LogP contribution < -0.4 is 10.5 Å². The Bertz CT molecular complexity index is 977. The van der Waals surface area contributed by atoms with Crippen LogP contribution in [0.15, 0.2) is 12.1 Å². The lowest BCUT2D eigenvalue weighted by atomic mass is 10.1. The summed E-state index contributed by atoms with van der Waals surface area (Å²) in [5, 5.41) is 0.696. The van der Waals surface area contributed by atoms with E-state index in [0.717, 1.165) is 33.7 Å². The predicted octanol–water partition coefficient (Wildman–Crippen LogP) is 3.07. The van der Waals surface area contributed by atoms with Gasteiger partial charge < -0.3 is 15.0 Å². The van der Waals surface area contributed by atoms with Gasteiger partial charge in [0, 0.05) is 28.3 Å². The lowest BCUT2D eigenvalue weighted by Gasteiger charge is -2.10. The number of imidazole rings is 1. The van der Waals surface area contributed by atoms with Crippen molar-refractivity contribution in [3.63, 3.8) is 0 Å². The third-order valence-corrected chi connectivity index (χ3v) is 5.55. The van der Waals surface area contributed by atoms with Crippen LogP contribution in [0.5, 0.6) is 5.75 Å². The molecule has 0 saturated heterocycles. The molecule has 1 aliphatic rings. The van der Waals surface area contributed by atoms with E-state index in [2.05, 4.69) is 65.6 Å². The second-order valence-corrected chi connectivity index (χ2v) is 7.70. The summed E-state index contributed by atoms with van der Waals surface area (Å²) in [4.78, 5) is 12.1. The predicted molar refractivity (Wildman–Crippen MR) is 105 cm³/mol. The highest BCUT2D eigenvalue weighted by molar-refractivity contribution is 14.1. The molecule has 130 valence electrons. The van der Waals surface area contributed by atoms with Crippen molar-refractivity contribution in [3.8, 4) is 5.75 Å². The summed E-state index contributed by atoms with van der Waals surface area (Å²) in [5.41, 5.74) is 9.04. The summed E-state index contributed by atoms with van der Waals surface area (Å²) in [6.07, 6.45) is 0.686. The summed E-state index contributed by atoms with van der Waals surface area (Å²) >= 11 is 5.76. The fourth-order valence-electron chi connectivity index (χ4n) is 3.04. The maximum absolute atomic E-state index is 13.6. The Morgan fingerprint density at radius 3 is 2.96 bits per heavy atom. The Morgan fingerprint density at radius 2 is 2.16 bits per heavy atom. The first-order chi connectivity index (χ1) is 12.1. The van der Waals surface area contributed by atoms with Crippen molar-refractivity contribution < 1.29 is 9.13 Å². The van der Waals surface area contributed by atoms with Crippen molar-refractivity contribution in [3.05, 3.63) is 38.7 Å². The number of nitrogens with two attached hydrogens (primary N) is 1. The number of hydrogen-bond donors (Lipinski definition) is 1. The van der Waals surface area contributed by atoms with Crippen LogP contribution in [-0.2, 0) is 19.4 Å². The molecule has 0 spiro atoms. The molecule has 1 aliphatic heterocycles. The summed E-state index contributed by atoms with van der Waals surface area (Å²) in [6, 6.07) is 4.22. The van der Waals surface area contributed by atoms with Gasteiger partial charge in [-0.1, -0.05) is 15.9 Å². The number of fused-ring (bicyclic) bond motifs is 2. The van der Waals surface area contributed by atoms with Crippen LogP contribution in [0.1, 0.15) is 17.0 Å². The normalized spacial score (nSPS) is 13.2. The van der Waals surface area contributed by atoms with Crippen LogP contribution >= 0.6 is 38.5 Å². The molecule has 0 atom stereocenters. The van der Waals surface area contributed by atoms with E-state index in [1.807, 2.05) is 4.57 Å². The van der Waals surface area contributed by atoms with Gasteiger partial charge in [-0.3, -0.25) is 0 Å². The maximum atomic E-state index is 13.6. The van der Waals surface area contributed by atoms with Crippen LogP contribution in [0.3, 0.4) is 0 Å². The van der Waals surface area contributed by atoms with Crippen LogP contribution in [0.25, 0.3) is 11.2 Å². The third-order valence-electron chi connectivity index (χ3n) is 4.19. The zero-order valence-corrected chi connectivity index (χ0v) is 16.8. The Kier molecular flexibility index (Phi) is 4.52. The fourth-order valence-corrected chi connectivity index (χ4v) is 4.11. The van der Waals surface area contributed by atoms with E-state index in [1.165, 1.54) is 5.56 Å². The molecule has 0 fully saturated rings. The van der Waals surface area contributed by atoms with E-state index in [1.54, 1.807) is 0 Å². The number of nitrogens with zero attached hydrogens (tertiary/aromatic N) is 4. The Morgan fingerprint density at radius 1 is 1.32 bits per heavy atom. The molecule has 4 rings (SSSR count). The van der Waals surface area contributed by atoms with Crippen LogP contribution in [0.2, 0.25) is 0 Å². The smallest absolute Gasteiger partial charge is 0.312 e. The minimum absolute atomic E-state index is 0.0593. The number of benzene rings is 1. The van der Waals surface area contributed by atoms with Gasteiger partial charge in [0.15, 0.2) is 17.0 Å². The van der Waals surface area contributed by atoms with E-state index in [-0.39, 0.29) is 5.82 Å². The molecule has 0 bridgehead atoms. The SMILES string of the molecule is Nc1nc(F)nc2c1nc(Cc1cc3c(cc1I)CCO3)n2CCBr. The number of nitrogen functional groups attached to an aromatic ring is 1. The van der Waals surface area contributed by atoms with Gasteiger partial charge in [-0.15, -0.1) is 0 Å². The van der Waals surface area contributed by atoms with Crippen LogP contribution in [-0.4, -0.2) is 31.5 Å². The minimum atomic E-state index is -0.840. The topological polar surface area (TPSA) is 78.8 Å². The number of aromatic nitrogens is 4. The highest BCUT2D eigenvalue weighted by Crippen LogP contribution is 2.31. The molecule has 0 aliphatic carbocycles. The molecule has 9 heteroatoms.